The maximum atomic E-state index is 12.7. The number of fused-ring (bicyclic) bond motifs is 1. The van der Waals surface area contributed by atoms with Gasteiger partial charge in [-0.1, -0.05) is 11.6 Å². The van der Waals surface area contributed by atoms with Gasteiger partial charge in [0.2, 0.25) is 5.91 Å². The molecule has 2 aromatic carbocycles. The molecular weight excluding hydrogens is 556 g/mol. The highest BCUT2D eigenvalue weighted by molar-refractivity contribution is 6.32. The number of carbonyl (C=O) groups excluding carboxylic acids is 1. The lowest BCUT2D eigenvalue weighted by molar-refractivity contribution is -0.116. The highest BCUT2D eigenvalue weighted by atomic mass is 35.5. The summed E-state index contributed by atoms with van der Waals surface area (Å²) in [6.45, 7) is 3.30. The maximum Gasteiger partial charge on any atom is 0.224 e. The smallest absolute Gasteiger partial charge is 0.224 e. The molecule has 0 bridgehead atoms. The van der Waals surface area contributed by atoms with Crippen LogP contribution in [0.4, 0.5) is 17.1 Å². The molecule has 0 aliphatic carbocycles. The lowest BCUT2D eigenvalue weighted by Gasteiger charge is -2.17. The normalized spacial score (nSPS) is 10.8. The van der Waals surface area contributed by atoms with Gasteiger partial charge in [0.15, 0.2) is 0 Å². The van der Waals surface area contributed by atoms with E-state index >= 15 is 0 Å². The molecule has 0 unspecified atom stereocenters. The second-order valence-corrected chi connectivity index (χ2v) is 10.1. The molecule has 2 aromatic heterocycles. The highest BCUT2D eigenvalue weighted by Gasteiger charge is 2.16. The molecule has 10 nitrogen and oxygen atoms in total. The van der Waals surface area contributed by atoms with Crippen molar-refractivity contribution in [2.75, 3.05) is 45.0 Å². The minimum atomic E-state index is -0.123. The Labute approximate surface area is 250 Å². The summed E-state index contributed by atoms with van der Waals surface area (Å²) < 4.78 is 16.9. The molecule has 4 rings (SSSR count). The summed E-state index contributed by atoms with van der Waals surface area (Å²) in [6.07, 6.45) is 4.24. The zero-order chi connectivity index (χ0) is 30.1. The van der Waals surface area contributed by atoms with Gasteiger partial charge in [-0.15, -0.1) is 0 Å². The fourth-order valence-electron chi connectivity index (χ4n) is 4.23. The molecule has 0 aliphatic heterocycles. The third-order valence-corrected chi connectivity index (χ3v) is 6.57. The van der Waals surface area contributed by atoms with Gasteiger partial charge >= 0.3 is 0 Å². The van der Waals surface area contributed by atoms with Crippen LogP contribution in [0.3, 0.4) is 0 Å². The Morgan fingerprint density at radius 3 is 2.64 bits per heavy atom. The first kappa shape index (κ1) is 30.4. The van der Waals surface area contributed by atoms with E-state index in [0.29, 0.717) is 74.5 Å². The molecule has 2 heterocycles. The molecular formula is C31H33ClN6O4. The topological polar surface area (TPSA) is 122 Å². The third kappa shape index (κ3) is 7.78. The quantitative estimate of drug-likeness (QED) is 0.189. The van der Waals surface area contributed by atoms with Gasteiger partial charge in [-0.2, -0.15) is 5.26 Å². The number of benzene rings is 2. The summed E-state index contributed by atoms with van der Waals surface area (Å²) in [5.74, 6) is 1.55. The number of carbonyl (C=O) groups is 1. The molecule has 0 fully saturated rings. The van der Waals surface area contributed by atoms with Crippen molar-refractivity contribution in [3.05, 3.63) is 71.1 Å². The van der Waals surface area contributed by atoms with E-state index in [1.807, 2.05) is 25.9 Å². The molecule has 1 amide bonds. The SMILES string of the molecule is CCOc1cc2ncc(C#N)c(Nc3ccc(OCc4cc(OC)ccn4)c(Cl)c3)c2cc1NC(=O)CCCN(C)C. The van der Waals surface area contributed by atoms with Crippen molar-refractivity contribution in [2.24, 2.45) is 0 Å². The number of hydrogen-bond donors (Lipinski definition) is 2. The number of amides is 1. The van der Waals surface area contributed by atoms with E-state index in [1.165, 1.54) is 6.20 Å². The predicted octanol–water partition coefficient (Wildman–Crippen LogP) is 6.17. The molecule has 218 valence electrons. The van der Waals surface area contributed by atoms with Gasteiger partial charge in [-0.25, -0.2) is 0 Å². The van der Waals surface area contributed by atoms with Gasteiger partial charge in [0.25, 0.3) is 0 Å². The summed E-state index contributed by atoms with van der Waals surface area (Å²) in [4.78, 5) is 23.5. The minimum Gasteiger partial charge on any atom is -0.497 e. The van der Waals surface area contributed by atoms with E-state index in [-0.39, 0.29) is 12.5 Å². The molecule has 0 aliphatic rings. The Morgan fingerprint density at radius 2 is 1.93 bits per heavy atom. The maximum absolute atomic E-state index is 12.7. The molecule has 0 atom stereocenters. The number of anilines is 3. The second-order valence-electron chi connectivity index (χ2n) is 9.66. The summed E-state index contributed by atoms with van der Waals surface area (Å²) in [6, 6.07) is 14.5. The molecule has 2 N–H and O–H groups in total. The third-order valence-electron chi connectivity index (χ3n) is 6.27. The zero-order valence-electron chi connectivity index (χ0n) is 24.0. The Balaban J connectivity index is 1.60. The average Bonchev–Trinajstić information content (AvgIpc) is 2.97. The highest BCUT2D eigenvalue weighted by Crippen LogP contribution is 2.37. The molecule has 0 saturated heterocycles. The van der Waals surface area contributed by atoms with Crippen LogP contribution in [0.1, 0.15) is 31.0 Å². The van der Waals surface area contributed by atoms with Crippen molar-refractivity contribution in [2.45, 2.75) is 26.4 Å². The number of hydrogen-bond acceptors (Lipinski definition) is 9. The number of rotatable bonds is 13. The number of aromatic nitrogens is 2. The van der Waals surface area contributed by atoms with E-state index in [4.69, 9.17) is 25.8 Å². The van der Waals surface area contributed by atoms with E-state index in [9.17, 15) is 10.1 Å². The number of pyridine rings is 2. The number of methoxy groups -OCH3 is 1. The van der Waals surface area contributed by atoms with Gasteiger partial charge in [0, 0.05) is 42.0 Å². The van der Waals surface area contributed by atoms with Gasteiger partial charge in [-0.3, -0.25) is 14.8 Å². The van der Waals surface area contributed by atoms with Crippen LogP contribution >= 0.6 is 11.6 Å². The summed E-state index contributed by atoms with van der Waals surface area (Å²) >= 11 is 6.56. The number of nitriles is 1. The van der Waals surface area contributed by atoms with E-state index in [2.05, 4.69) is 26.7 Å². The van der Waals surface area contributed by atoms with Crippen LogP contribution in [-0.2, 0) is 11.4 Å². The summed E-state index contributed by atoms with van der Waals surface area (Å²) in [7, 11) is 5.53. The van der Waals surface area contributed by atoms with Crippen LogP contribution in [0.2, 0.25) is 5.02 Å². The molecule has 0 saturated carbocycles. The lowest BCUT2D eigenvalue weighted by Crippen LogP contribution is -2.17. The van der Waals surface area contributed by atoms with Gasteiger partial charge in [0.05, 0.1) is 46.9 Å². The van der Waals surface area contributed by atoms with Crippen LogP contribution < -0.4 is 24.8 Å². The molecule has 42 heavy (non-hydrogen) atoms. The Morgan fingerprint density at radius 1 is 1.10 bits per heavy atom. The predicted molar refractivity (Wildman–Crippen MR) is 164 cm³/mol. The number of nitrogens with one attached hydrogen (secondary N) is 2. The Bertz CT molecular complexity index is 1600. The average molecular weight is 589 g/mol. The van der Waals surface area contributed by atoms with Crippen LogP contribution in [0, 0.1) is 11.3 Å². The van der Waals surface area contributed by atoms with Crippen molar-refractivity contribution in [1.82, 2.24) is 14.9 Å². The standard InChI is InChI=1S/C31H33ClN6O4/c1-5-41-29-16-26-24(15-27(29)37-30(39)7-6-12-38(2)3)31(20(17-33)18-35-26)36-21-8-9-28(25(32)14-21)42-19-22-13-23(40-4)10-11-34-22/h8-11,13-16,18H,5-7,12,19H2,1-4H3,(H,35,36)(H,37,39). The van der Waals surface area contributed by atoms with E-state index in [0.717, 1.165) is 13.0 Å². The van der Waals surface area contributed by atoms with Crippen molar-refractivity contribution in [3.63, 3.8) is 0 Å². The first-order valence-corrected chi connectivity index (χ1v) is 13.8. The minimum absolute atomic E-state index is 0.123. The molecule has 0 spiro atoms. The van der Waals surface area contributed by atoms with Crippen LogP contribution in [0.25, 0.3) is 10.9 Å². The Hall–Kier alpha value is -4.59. The monoisotopic (exact) mass is 588 g/mol. The largest absolute Gasteiger partial charge is 0.497 e. The van der Waals surface area contributed by atoms with Crippen LogP contribution in [0.5, 0.6) is 17.2 Å². The van der Waals surface area contributed by atoms with E-state index < -0.39 is 0 Å². The number of nitrogens with zero attached hydrogens (tertiary/aromatic N) is 4. The van der Waals surface area contributed by atoms with Crippen LogP contribution in [0.15, 0.2) is 54.9 Å². The van der Waals surface area contributed by atoms with E-state index in [1.54, 1.807) is 55.8 Å². The molecule has 4 aromatic rings. The molecule has 0 radical (unpaired) electrons. The second kappa shape index (κ2) is 14.3. The van der Waals surface area contributed by atoms with Crippen LogP contribution in [-0.4, -0.2) is 55.1 Å². The first-order chi connectivity index (χ1) is 20.3. The number of ether oxygens (including phenoxy) is 3. The number of halogens is 1. The summed E-state index contributed by atoms with van der Waals surface area (Å²) in [5.41, 5.74) is 3.30. The zero-order valence-corrected chi connectivity index (χ0v) is 24.8. The van der Waals surface area contributed by atoms with Gasteiger partial charge in [-0.05, 0) is 64.3 Å². The van der Waals surface area contributed by atoms with Crippen molar-refractivity contribution in [1.29, 1.82) is 5.26 Å². The van der Waals surface area contributed by atoms with Crippen molar-refractivity contribution < 1.29 is 19.0 Å². The van der Waals surface area contributed by atoms with Gasteiger partial charge in [0.1, 0.15) is 29.9 Å². The van der Waals surface area contributed by atoms with Gasteiger partial charge < -0.3 is 29.7 Å². The fourth-order valence-corrected chi connectivity index (χ4v) is 4.47. The summed E-state index contributed by atoms with van der Waals surface area (Å²) in [5, 5.41) is 17.2. The lowest BCUT2D eigenvalue weighted by atomic mass is 10.1. The Kier molecular flexibility index (Phi) is 10.4. The van der Waals surface area contributed by atoms with Crippen molar-refractivity contribution >= 4 is 45.5 Å². The molecule has 11 heteroatoms. The first-order valence-electron chi connectivity index (χ1n) is 13.4. The fraction of sp³-hybridized carbons (Fsp3) is 0.290. The van der Waals surface area contributed by atoms with Crippen molar-refractivity contribution in [3.8, 4) is 23.3 Å².